The Kier molecular flexibility index (Phi) is 5.55. The summed E-state index contributed by atoms with van der Waals surface area (Å²) in [5.74, 6) is -0.0277. The number of hydrogen-bond donors (Lipinski definition) is 2. The van der Waals surface area contributed by atoms with Gasteiger partial charge in [0.2, 0.25) is 0 Å². The minimum Gasteiger partial charge on any atom is -0.450 e. The molecule has 2 N–H and O–H groups in total. The average Bonchev–Trinajstić information content (AvgIpc) is 2.88. The van der Waals surface area contributed by atoms with Gasteiger partial charge in [-0.15, -0.1) is 0 Å². The monoisotopic (exact) mass is 383 g/mol. The average molecular weight is 383 g/mol. The molecule has 6 nitrogen and oxygen atoms in total. The van der Waals surface area contributed by atoms with E-state index in [9.17, 15) is 9.59 Å². The number of carbonyl (C=O) groups excluding carboxylic acids is 2. The molecule has 0 unspecified atom stereocenters. The number of amides is 2. The molecule has 4 rings (SSSR count). The van der Waals surface area contributed by atoms with Gasteiger partial charge in [0.25, 0.3) is 5.91 Å². The van der Waals surface area contributed by atoms with Crippen LogP contribution in [0.2, 0.25) is 0 Å². The predicted molar refractivity (Wildman–Crippen MR) is 109 cm³/mol. The maximum Gasteiger partial charge on any atom is 0.409 e. The Balaban J connectivity index is 1.42. The lowest BCUT2D eigenvalue weighted by atomic mass is 10.0. The molecular weight excluding hydrogens is 354 g/mol. The van der Waals surface area contributed by atoms with Gasteiger partial charge in [-0.05, 0) is 69.2 Å². The molecule has 2 aliphatic rings. The predicted octanol–water partition coefficient (Wildman–Crippen LogP) is 3.79. The zero-order valence-electron chi connectivity index (χ0n) is 16.6. The molecule has 0 radical (unpaired) electrons. The standard InChI is InChI=1S/C22H29N3O3/c1-2-28-22(27)25-12-10-16(11-13-25)23-21(26)15-8-9-20-18(14-15)17-6-4-3-5-7-19(17)24-20/h8-9,14,16,24H,2-7,10-13H2,1H3,(H,23,26). The van der Waals surface area contributed by atoms with E-state index in [2.05, 4.69) is 10.3 Å². The van der Waals surface area contributed by atoms with E-state index in [1.807, 2.05) is 25.1 Å². The van der Waals surface area contributed by atoms with Gasteiger partial charge in [0.05, 0.1) is 6.61 Å². The quantitative estimate of drug-likeness (QED) is 0.792. The normalized spacial score (nSPS) is 17.8. The maximum absolute atomic E-state index is 12.8. The van der Waals surface area contributed by atoms with Gasteiger partial charge < -0.3 is 19.9 Å². The van der Waals surface area contributed by atoms with E-state index in [0.717, 1.165) is 31.2 Å². The van der Waals surface area contributed by atoms with Crippen molar-refractivity contribution < 1.29 is 14.3 Å². The number of ether oxygens (including phenoxy) is 1. The third-order valence-electron chi connectivity index (χ3n) is 5.97. The highest BCUT2D eigenvalue weighted by atomic mass is 16.6. The van der Waals surface area contributed by atoms with Crippen molar-refractivity contribution in [3.63, 3.8) is 0 Å². The van der Waals surface area contributed by atoms with Crippen molar-refractivity contribution in [3.05, 3.63) is 35.0 Å². The summed E-state index contributed by atoms with van der Waals surface area (Å²) in [6.07, 6.45) is 7.17. The molecule has 0 atom stereocenters. The Morgan fingerprint density at radius 2 is 1.96 bits per heavy atom. The smallest absolute Gasteiger partial charge is 0.409 e. The van der Waals surface area contributed by atoms with E-state index in [4.69, 9.17) is 4.74 Å². The molecule has 2 heterocycles. The summed E-state index contributed by atoms with van der Waals surface area (Å²) in [5, 5.41) is 4.34. The molecule has 2 amide bonds. The molecule has 2 aromatic rings. The number of benzene rings is 1. The van der Waals surface area contributed by atoms with Crippen LogP contribution in [0, 0.1) is 0 Å². The number of hydrogen-bond acceptors (Lipinski definition) is 3. The highest BCUT2D eigenvalue weighted by molar-refractivity contribution is 5.99. The second-order valence-electron chi connectivity index (χ2n) is 7.84. The van der Waals surface area contributed by atoms with Crippen LogP contribution in [-0.2, 0) is 17.6 Å². The van der Waals surface area contributed by atoms with Gasteiger partial charge in [-0.1, -0.05) is 6.42 Å². The van der Waals surface area contributed by atoms with E-state index in [-0.39, 0.29) is 18.0 Å². The van der Waals surface area contributed by atoms with Crippen molar-refractivity contribution in [1.82, 2.24) is 15.2 Å². The molecule has 0 saturated carbocycles. The first-order valence-corrected chi connectivity index (χ1v) is 10.5. The molecule has 1 saturated heterocycles. The van der Waals surface area contributed by atoms with Crippen LogP contribution in [-0.4, -0.2) is 47.6 Å². The van der Waals surface area contributed by atoms with E-state index >= 15 is 0 Å². The molecule has 1 aliphatic heterocycles. The van der Waals surface area contributed by atoms with Crippen LogP contribution >= 0.6 is 0 Å². The van der Waals surface area contributed by atoms with Gasteiger partial charge >= 0.3 is 6.09 Å². The van der Waals surface area contributed by atoms with Crippen LogP contribution in [0.5, 0.6) is 0 Å². The van der Waals surface area contributed by atoms with Gasteiger partial charge in [0.15, 0.2) is 0 Å². The Morgan fingerprint density at radius 1 is 1.18 bits per heavy atom. The summed E-state index contributed by atoms with van der Waals surface area (Å²) in [7, 11) is 0. The molecular formula is C22H29N3O3. The third kappa shape index (κ3) is 3.86. The van der Waals surface area contributed by atoms with Crippen LogP contribution in [0.4, 0.5) is 4.79 Å². The van der Waals surface area contributed by atoms with E-state index in [0.29, 0.717) is 25.3 Å². The second-order valence-corrected chi connectivity index (χ2v) is 7.84. The largest absolute Gasteiger partial charge is 0.450 e. The molecule has 0 spiro atoms. The number of H-pyrrole nitrogens is 1. The molecule has 1 fully saturated rings. The van der Waals surface area contributed by atoms with Crippen molar-refractivity contribution in [3.8, 4) is 0 Å². The Labute approximate surface area is 165 Å². The van der Waals surface area contributed by atoms with Gasteiger partial charge in [-0.2, -0.15) is 0 Å². The number of aromatic nitrogens is 1. The SMILES string of the molecule is CCOC(=O)N1CCC(NC(=O)c2ccc3[nH]c4c(c3c2)CCCCC4)CC1. The number of likely N-dealkylation sites (tertiary alicyclic amines) is 1. The first kappa shape index (κ1) is 18.8. The second kappa shape index (κ2) is 8.25. The minimum absolute atomic E-state index is 0.0277. The molecule has 0 bridgehead atoms. The zero-order valence-corrected chi connectivity index (χ0v) is 16.6. The number of nitrogens with zero attached hydrogens (tertiary/aromatic N) is 1. The molecule has 6 heteroatoms. The van der Waals surface area contributed by atoms with Crippen molar-refractivity contribution in [2.45, 2.75) is 57.9 Å². The number of nitrogens with one attached hydrogen (secondary N) is 2. The number of carbonyl (C=O) groups is 2. The summed E-state index contributed by atoms with van der Waals surface area (Å²) in [5.41, 5.74) is 4.58. The first-order valence-electron chi connectivity index (χ1n) is 10.5. The number of aryl methyl sites for hydroxylation is 2. The fraction of sp³-hybridized carbons (Fsp3) is 0.545. The molecule has 1 aliphatic carbocycles. The fourth-order valence-electron chi connectivity index (χ4n) is 4.41. The lowest BCUT2D eigenvalue weighted by Crippen LogP contribution is -2.46. The third-order valence-corrected chi connectivity index (χ3v) is 5.97. The number of rotatable bonds is 3. The van der Waals surface area contributed by atoms with Crippen LogP contribution in [0.3, 0.4) is 0 Å². The van der Waals surface area contributed by atoms with Crippen molar-refractivity contribution in [2.24, 2.45) is 0 Å². The van der Waals surface area contributed by atoms with Gasteiger partial charge in [-0.3, -0.25) is 4.79 Å². The van der Waals surface area contributed by atoms with Gasteiger partial charge in [0.1, 0.15) is 0 Å². The van der Waals surface area contributed by atoms with Gasteiger partial charge in [-0.25, -0.2) is 4.79 Å². The Hall–Kier alpha value is -2.50. The summed E-state index contributed by atoms with van der Waals surface area (Å²) < 4.78 is 5.05. The highest BCUT2D eigenvalue weighted by Crippen LogP contribution is 2.29. The summed E-state index contributed by atoms with van der Waals surface area (Å²) in [6.45, 7) is 3.44. The van der Waals surface area contributed by atoms with Crippen molar-refractivity contribution >= 4 is 22.9 Å². The summed E-state index contributed by atoms with van der Waals surface area (Å²) >= 11 is 0. The highest BCUT2D eigenvalue weighted by Gasteiger charge is 2.25. The lowest BCUT2D eigenvalue weighted by molar-refractivity contribution is 0.0860. The Morgan fingerprint density at radius 3 is 2.75 bits per heavy atom. The fourth-order valence-corrected chi connectivity index (χ4v) is 4.41. The van der Waals surface area contributed by atoms with Crippen LogP contribution < -0.4 is 5.32 Å². The number of aromatic amines is 1. The van der Waals surface area contributed by atoms with Crippen LogP contribution in [0.15, 0.2) is 18.2 Å². The summed E-state index contributed by atoms with van der Waals surface area (Å²) in [4.78, 5) is 29.9. The van der Waals surface area contributed by atoms with E-state index in [1.54, 1.807) is 4.90 Å². The summed E-state index contributed by atoms with van der Waals surface area (Å²) in [6, 6.07) is 6.07. The molecule has 1 aromatic heterocycles. The number of piperidine rings is 1. The first-order chi connectivity index (χ1) is 13.7. The lowest BCUT2D eigenvalue weighted by Gasteiger charge is -2.31. The number of fused-ring (bicyclic) bond motifs is 3. The molecule has 28 heavy (non-hydrogen) atoms. The van der Waals surface area contributed by atoms with Crippen molar-refractivity contribution in [1.29, 1.82) is 0 Å². The Bertz CT molecular complexity index is 865. The zero-order chi connectivity index (χ0) is 19.5. The van der Waals surface area contributed by atoms with Crippen LogP contribution in [0.25, 0.3) is 10.9 Å². The van der Waals surface area contributed by atoms with E-state index < -0.39 is 0 Å². The maximum atomic E-state index is 12.8. The topological polar surface area (TPSA) is 74.4 Å². The van der Waals surface area contributed by atoms with Crippen LogP contribution in [0.1, 0.15) is 60.6 Å². The van der Waals surface area contributed by atoms with Gasteiger partial charge in [0, 0.05) is 41.3 Å². The molecule has 150 valence electrons. The van der Waals surface area contributed by atoms with E-state index in [1.165, 1.54) is 35.9 Å². The van der Waals surface area contributed by atoms with Crippen molar-refractivity contribution in [2.75, 3.05) is 19.7 Å². The minimum atomic E-state index is -0.258. The molecule has 1 aromatic carbocycles.